The van der Waals surface area contributed by atoms with Gasteiger partial charge in [0.05, 0.1) is 0 Å². The van der Waals surface area contributed by atoms with E-state index in [4.69, 9.17) is 0 Å². The molecule has 1 saturated heterocycles. The zero-order valence-corrected chi connectivity index (χ0v) is 10.6. The second-order valence-corrected chi connectivity index (χ2v) is 5.39. The molecule has 0 amide bonds. The number of likely N-dealkylation sites (tertiary alicyclic amines) is 1. The van der Waals surface area contributed by atoms with Crippen molar-refractivity contribution in [2.24, 2.45) is 5.92 Å². The van der Waals surface area contributed by atoms with Crippen LogP contribution < -0.4 is 0 Å². The van der Waals surface area contributed by atoms with Crippen LogP contribution in [0.5, 0.6) is 0 Å². The molecule has 1 aliphatic carbocycles. The fraction of sp³-hybridized carbons (Fsp3) is 0.438. The normalized spacial score (nSPS) is 24.6. The summed E-state index contributed by atoms with van der Waals surface area (Å²) in [6.45, 7) is 3.25. The summed E-state index contributed by atoms with van der Waals surface area (Å²) >= 11 is 0. The number of piperidine rings is 1. The maximum atomic E-state index is 11.4. The number of hydrogen-bond acceptors (Lipinski definition) is 2. The number of ketones is 1. The van der Waals surface area contributed by atoms with E-state index >= 15 is 0 Å². The lowest BCUT2D eigenvalue weighted by molar-refractivity contribution is -0.115. The Labute approximate surface area is 108 Å². The highest BCUT2D eigenvalue weighted by Gasteiger charge is 2.27. The van der Waals surface area contributed by atoms with Crippen LogP contribution >= 0.6 is 0 Å². The average Bonchev–Trinajstić information content (AvgIpc) is 2.40. The summed E-state index contributed by atoms with van der Waals surface area (Å²) in [7, 11) is 0. The van der Waals surface area contributed by atoms with Gasteiger partial charge in [-0.15, -0.1) is 0 Å². The summed E-state index contributed by atoms with van der Waals surface area (Å²) in [6, 6.07) is 10.6. The van der Waals surface area contributed by atoms with Crippen molar-refractivity contribution in [3.05, 3.63) is 47.5 Å². The van der Waals surface area contributed by atoms with Gasteiger partial charge in [0.25, 0.3) is 0 Å². The van der Waals surface area contributed by atoms with E-state index in [0.29, 0.717) is 11.7 Å². The van der Waals surface area contributed by atoms with E-state index in [0.717, 1.165) is 38.9 Å². The Morgan fingerprint density at radius 2 is 2.00 bits per heavy atom. The lowest BCUT2D eigenvalue weighted by Crippen LogP contribution is -2.37. The molecule has 0 unspecified atom stereocenters. The van der Waals surface area contributed by atoms with Gasteiger partial charge < -0.3 is 0 Å². The lowest BCUT2D eigenvalue weighted by Gasteiger charge is -2.36. The molecule has 2 nitrogen and oxygen atoms in total. The topological polar surface area (TPSA) is 20.3 Å². The summed E-state index contributed by atoms with van der Waals surface area (Å²) in [6.07, 6.45) is 4.78. The van der Waals surface area contributed by atoms with Crippen molar-refractivity contribution >= 4 is 5.78 Å². The van der Waals surface area contributed by atoms with Crippen molar-refractivity contribution in [1.29, 1.82) is 0 Å². The minimum Gasteiger partial charge on any atom is -0.298 e. The van der Waals surface area contributed by atoms with E-state index in [9.17, 15) is 4.79 Å². The molecule has 1 fully saturated rings. The fourth-order valence-corrected chi connectivity index (χ4v) is 3.06. The van der Waals surface area contributed by atoms with Crippen molar-refractivity contribution < 1.29 is 4.79 Å². The van der Waals surface area contributed by atoms with Crippen molar-refractivity contribution in [3.63, 3.8) is 0 Å². The van der Waals surface area contributed by atoms with E-state index in [1.807, 2.05) is 6.08 Å². The number of rotatable bonds is 2. The number of fused-ring (bicyclic) bond motifs is 1. The van der Waals surface area contributed by atoms with Crippen molar-refractivity contribution in [2.45, 2.75) is 25.8 Å². The van der Waals surface area contributed by atoms with Crippen LogP contribution in [0.2, 0.25) is 0 Å². The first-order valence-electron chi connectivity index (χ1n) is 6.81. The second-order valence-electron chi connectivity index (χ2n) is 5.39. The molecule has 0 N–H and O–H groups in total. The first-order valence-corrected chi connectivity index (χ1v) is 6.81. The van der Waals surface area contributed by atoms with Crippen molar-refractivity contribution in [3.8, 4) is 0 Å². The van der Waals surface area contributed by atoms with E-state index in [1.54, 1.807) is 0 Å². The first-order chi connectivity index (χ1) is 8.81. The fourth-order valence-electron chi connectivity index (χ4n) is 3.06. The molecule has 1 aromatic rings. The molecule has 94 valence electrons. The minimum atomic E-state index is 0.331. The predicted octanol–water partition coefficient (Wildman–Crippen LogP) is 2.80. The molecular formula is C16H19NO. The quantitative estimate of drug-likeness (QED) is 0.793. The highest BCUT2D eigenvalue weighted by atomic mass is 16.1. The Bertz CT molecular complexity index is 463. The molecule has 3 rings (SSSR count). The molecule has 2 heteroatoms. The van der Waals surface area contributed by atoms with Gasteiger partial charge in [0, 0.05) is 26.1 Å². The van der Waals surface area contributed by atoms with Crippen LogP contribution in [0.3, 0.4) is 0 Å². The average molecular weight is 241 g/mol. The van der Waals surface area contributed by atoms with Gasteiger partial charge in [-0.2, -0.15) is 0 Å². The molecular weight excluding hydrogens is 222 g/mol. The Kier molecular flexibility index (Phi) is 3.28. The zero-order chi connectivity index (χ0) is 12.4. The molecule has 0 radical (unpaired) electrons. The largest absolute Gasteiger partial charge is 0.298 e. The highest BCUT2D eigenvalue weighted by molar-refractivity contribution is 5.91. The molecule has 1 heterocycles. The van der Waals surface area contributed by atoms with Gasteiger partial charge in [-0.3, -0.25) is 9.69 Å². The third-order valence-corrected chi connectivity index (χ3v) is 4.05. The SMILES string of the molecule is O=C1C=C2CCN(Cc3ccccc3)C[C@H]2CC1. The second kappa shape index (κ2) is 5.07. The van der Waals surface area contributed by atoms with Crippen LogP contribution in [0.15, 0.2) is 42.0 Å². The van der Waals surface area contributed by atoms with Gasteiger partial charge in [0.1, 0.15) is 0 Å². The molecule has 2 aliphatic rings. The molecule has 1 atom stereocenters. The van der Waals surface area contributed by atoms with Gasteiger partial charge >= 0.3 is 0 Å². The van der Waals surface area contributed by atoms with Crippen LogP contribution in [-0.4, -0.2) is 23.8 Å². The number of carbonyl (C=O) groups is 1. The van der Waals surface area contributed by atoms with Crippen LogP contribution in [-0.2, 0) is 11.3 Å². The summed E-state index contributed by atoms with van der Waals surface area (Å²) in [4.78, 5) is 13.9. The number of allylic oxidation sites excluding steroid dienone is 1. The molecule has 0 spiro atoms. The Balaban J connectivity index is 1.65. The van der Waals surface area contributed by atoms with Gasteiger partial charge in [-0.25, -0.2) is 0 Å². The standard InChI is InChI=1S/C16H19NO/c18-16-7-6-15-12-17(9-8-14(15)10-16)11-13-4-2-1-3-5-13/h1-5,10,15H,6-9,11-12H2/t15-/m1/s1. The van der Waals surface area contributed by atoms with Gasteiger partial charge in [-0.05, 0) is 30.4 Å². The third kappa shape index (κ3) is 2.54. The van der Waals surface area contributed by atoms with E-state index < -0.39 is 0 Å². The number of hydrogen-bond donors (Lipinski definition) is 0. The molecule has 1 aromatic carbocycles. The monoisotopic (exact) mass is 241 g/mol. The zero-order valence-electron chi connectivity index (χ0n) is 10.6. The molecule has 0 saturated carbocycles. The van der Waals surface area contributed by atoms with E-state index in [2.05, 4.69) is 35.2 Å². The summed E-state index contributed by atoms with van der Waals surface area (Å²) in [5.41, 5.74) is 2.78. The van der Waals surface area contributed by atoms with Crippen LogP contribution in [0.1, 0.15) is 24.8 Å². The van der Waals surface area contributed by atoms with Crippen LogP contribution in [0, 0.1) is 5.92 Å². The molecule has 0 aromatic heterocycles. The summed E-state index contributed by atoms with van der Waals surface area (Å²) in [5, 5.41) is 0. The van der Waals surface area contributed by atoms with Crippen LogP contribution in [0.25, 0.3) is 0 Å². The molecule has 18 heavy (non-hydrogen) atoms. The van der Waals surface area contributed by atoms with Crippen molar-refractivity contribution in [1.82, 2.24) is 4.90 Å². The number of carbonyl (C=O) groups excluding carboxylic acids is 1. The maximum Gasteiger partial charge on any atom is 0.155 e. The third-order valence-electron chi connectivity index (χ3n) is 4.05. The molecule has 1 aliphatic heterocycles. The predicted molar refractivity (Wildman–Crippen MR) is 72.2 cm³/mol. The Morgan fingerprint density at radius 3 is 2.83 bits per heavy atom. The van der Waals surface area contributed by atoms with E-state index in [1.165, 1.54) is 11.1 Å². The van der Waals surface area contributed by atoms with Gasteiger partial charge in [0.2, 0.25) is 0 Å². The Hall–Kier alpha value is -1.41. The smallest absolute Gasteiger partial charge is 0.155 e. The molecule has 0 bridgehead atoms. The van der Waals surface area contributed by atoms with Gasteiger partial charge in [-0.1, -0.05) is 35.9 Å². The van der Waals surface area contributed by atoms with Crippen molar-refractivity contribution in [2.75, 3.05) is 13.1 Å². The maximum absolute atomic E-state index is 11.4. The Morgan fingerprint density at radius 1 is 1.17 bits per heavy atom. The highest BCUT2D eigenvalue weighted by Crippen LogP contribution is 2.30. The number of nitrogens with zero attached hydrogens (tertiary/aromatic N) is 1. The first kappa shape index (κ1) is 11.7. The lowest BCUT2D eigenvalue weighted by atomic mass is 9.82. The summed E-state index contributed by atoms with van der Waals surface area (Å²) < 4.78 is 0. The number of benzene rings is 1. The van der Waals surface area contributed by atoms with Crippen LogP contribution in [0.4, 0.5) is 0 Å². The minimum absolute atomic E-state index is 0.331. The van der Waals surface area contributed by atoms with E-state index in [-0.39, 0.29) is 0 Å². The van der Waals surface area contributed by atoms with Gasteiger partial charge in [0.15, 0.2) is 5.78 Å². The summed E-state index contributed by atoms with van der Waals surface area (Å²) in [5.74, 6) is 0.956.